The average Bonchev–Trinajstić information content (AvgIpc) is 2.32. The summed E-state index contributed by atoms with van der Waals surface area (Å²) >= 11 is 0. The normalized spacial score (nSPS) is 19.9. The Bertz CT molecular complexity index is 140. The SMILES string of the molecule is CCO[SiH](OCC)OCC.C[SiH]1CCCCO1. The van der Waals surface area contributed by atoms with Gasteiger partial charge < -0.3 is 17.7 Å². The number of hydrogen-bond donors (Lipinski definition) is 0. The van der Waals surface area contributed by atoms with Gasteiger partial charge in [-0.3, -0.25) is 0 Å². The van der Waals surface area contributed by atoms with E-state index in [1.54, 1.807) is 0 Å². The Kier molecular flexibility index (Phi) is 12.9. The Balaban J connectivity index is 0.000000318. The smallest absolute Gasteiger partial charge is 0.420 e. The van der Waals surface area contributed by atoms with Gasteiger partial charge in [-0.05, 0) is 39.8 Å². The summed E-state index contributed by atoms with van der Waals surface area (Å²) in [7, 11) is -2.33. The van der Waals surface area contributed by atoms with E-state index >= 15 is 0 Å². The van der Waals surface area contributed by atoms with E-state index in [1.807, 2.05) is 20.8 Å². The zero-order valence-corrected chi connectivity index (χ0v) is 14.0. The molecule has 1 unspecified atom stereocenters. The third kappa shape index (κ3) is 11.1. The van der Waals surface area contributed by atoms with Crippen LogP contribution in [0.15, 0.2) is 0 Å². The molecule has 0 spiro atoms. The van der Waals surface area contributed by atoms with Gasteiger partial charge in [0.05, 0.1) is 0 Å². The van der Waals surface area contributed by atoms with Crippen LogP contribution in [-0.4, -0.2) is 45.0 Å². The van der Waals surface area contributed by atoms with Gasteiger partial charge in [0.25, 0.3) is 0 Å². The molecular weight excluding hydrogens is 252 g/mol. The fourth-order valence-electron chi connectivity index (χ4n) is 1.45. The van der Waals surface area contributed by atoms with E-state index in [2.05, 4.69) is 6.55 Å². The molecule has 0 aromatic heterocycles. The fourth-order valence-corrected chi connectivity index (χ4v) is 4.16. The van der Waals surface area contributed by atoms with E-state index in [1.165, 1.54) is 18.9 Å². The average molecular weight is 281 g/mol. The van der Waals surface area contributed by atoms with Crippen LogP contribution in [0.5, 0.6) is 0 Å². The molecule has 1 saturated heterocycles. The van der Waals surface area contributed by atoms with Crippen molar-refractivity contribution in [3.63, 3.8) is 0 Å². The van der Waals surface area contributed by atoms with Crippen molar-refractivity contribution < 1.29 is 17.7 Å². The van der Waals surface area contributed by atoms with E-state index in [-0.39, 0.29) is 0 Å². The molecule has 4 nitrogen and oxygen atoms in total. The first-order valence-electron chi connectivity index (χ1n) is 6.70. The van der Waals surface area contributed by atoms with Crippen molar-refractivity contribution in [1.29, 1.82) is 0 Å². The van der Waals surface area contributed by atoms with Gasteiger partial charge in [-0.25, -0.2) is 0 Å². The van der Waals surface area contributed by atoms with Gasteiger partial charge in [-0.2, -0.15) is 0 Å². The molecule has 0 N–H and O–H groups in total. The molecule has 17 heavy (non-hydrogen) atoms. The van der Waals surface area contributed by atoms with Crippen LogP contribution in [0, 0.1) is 0 Å². The summed E-state index contributed by atoms with van der Waals surface area (Å²) in [6, 6.07) is 1.40. The van der Waals surface area contributed by atoms with Gasteiger partial charge >= 0.3 is 9.53 Å². The molecule has 0 saturated carbocycles. The zero-order valence-electron chi connectivity index (χ0n) is 11.7. The second-order valence-electron chi connectivity index (χ2n) is 3.83. The van der Waals surface area contributed by atoms with Crippen molar-refractivity contribution in [2.75, 3.05) is 26.4 Å². The Morgan fingerprint density at radius 3 is 1.76 bits per heavy atom. The molecule has 0 aromatic rings. The molecule has 6 heteroatoms. The lowest BCUT2D eigenvalue weighted by atomic mass is 10.4. The van der Waals surface area contributed by atoms with Gasteiger partial charge in [0, 0.05) is 26.4 Å². The van der Waals surface area contributed by atoms with Crippen LogP contribution in [0.1, 0.15) is 33.6 Å². The van der Waals surface area contributed by atoms with Crippen molar-refractivity contribution in [3.8, 4) is 0 Å². The van der Waals surface area contributed by atoms with Crippen molar-refractivity contribution in [2.24, 2.45) is 0 Å². The standard InChI is InChI=1S/C6H16O3Si.C5H12OSi/c1-4-7-10(8-5-2)9-6-3;1-7-5-3-2-4-6-7/h10H,4-6H2,1-3H3;7H,2-5H2,1H3. The second kappa shape index (κ2) is 12.7. The molecule has 1 aliphatic rings. The maximum atomic E-state index is 5.42. The third-order valence-electron chi connectivity index (χ3n) is 2.32. The van der Waals surface area contributed by atoms with Crippen LogP contribution in [0.25, 0.3) is 0 Å². The summed E-state index contributed by atoms with van der Waals surface area (Å²) in [6.45, 7) is 11.2. The summed E-state index contributed by atoms with van der Waals surface area (Å²) in [4.78, 5) is 0. The molecule has 1 rings (SSSR count). The molecular formula is C11H28O4Si2. The molecule has 1 fully saturated rings. The highest BCUT2D eigenvalue weighted by Crippen LogP contribution is 2.09. The minimum atomic E-state index is -1.73. The first-order chi connectivity index (χ1) is 8.24. The highest BCUT2D eigenvalue weighted by Gasteiger charge is 2.11. The van der Waals surface area contributed by atoms with Gasteiger partial charge in [0.1, 0.15) is 0 Å². The van der Waals surface area contributed by atoms with E-state index < -0.39 is 18.6 Å². The number of rotatable bonds is 6. The van der Waals surface area contributed by atoms with Crippen LogP contribution in [0.2, 0.25) is 12.6 Å². The minimum Gasteiger partial charge on any atom is -0.420 e. The summed E-state index contributed by atoms with van der Waals surface area (Å²) in [5.74, 6) is 0. The first kappa shape index (κ1) is 17.3. The lowest BCUT2D eigenvalue weighted by Gasteiger charge is -2.16. The van der Waals surface area contributed by atoms with Crippen molar-refractivity contribution in [3.05, 3.63) is 0 Å². The van der Waals surface area contributed by atoms with E-state index in [9.17, 15) is 0 Å². The second-order valence-corrected chi connectivity index (χ2v) is 7.94. The Morgan fingerprint density at radius 2 is 1.53 bits per heavy atom. The summed E-state index contributed by atoms with van der Waals surface area (Å²) in [6.07, 6.45) is 2.73. The van der Waals surface area contributed by atoms with Gasteiger partial charge in [0.15, 0.2) is 9.04 Å². The van der Waals surface area contributed by atoms with Crippen LogP contribution in [-0.2, 0) is 17.7 Å². The lowest BCUT2D eigenvalue weighted by molar-refractivity contribution is 0.107. The largest absolute Gasteiger partial charge is 0.484 e. The van der Waals surface area contributed by atoms with Crippen molar-refractivity contribution in [2.45, 2.75) is 46.2 Å². The number of hydrogen-bond acceptors (Lipinski definition) is 4. The monoisotopic (exact) mass is 280 g/mol. The van der Waals surface area contributed by atoms with Crippen LogP contribution < -0.4 is 0 Å². The van der Waals surface area contributed by atoms with Gasteiger partial charge in [0.2, 0.25) is 0 Å². The third-order valence-corrected chi connectivity index (χ3v) is 6.16. The van der Waals surface area contributed by atoms with Crippen LogP contribution >= 0.6 is 0 Å². The molecule has 1 atom stereocenters. The van der Waals surface area contributed by atoms with Crippen LogP contribution in [0.4, 0.5) is 0 Å². The lowest BCUT2D eigenvalue weighted by Crippen LogP contribution is -2.27. The molecule has 104 valence electrons. The molecule has 0 radical (unpaired) electrons. The molecule has 0 bridgehead atoms. The van der Waals surface area contributed by atoms with Gasteiger partial charge in [-0.1, -0.05) is 6.42 Å². The topological polar surface area (TPSA) is 36.9 Å². The Hall–Kier alpha value is 0.274. The predicted molar refractivity (Wildman–Crippen MR) is 75.0 cm³/mol. The Labute approximate surface area is 109 Å². The first-order valence-corrected chi connectivity index (χ1v) is 10.6. The fraction of sp³-hybridized carbons (Fsp3) is 1.00. The minimum absolute atomic E-state index is 0.595. The predicted octanol–water partition coefficient (Wildman–Crippen LogP) is 1.96. The molecule has 0 aliphatic carbocycles. The zero-order chi connectivity index (χ0) is 12.9. The van der Waals surface area contributed by atoms with E-state index in [4.69, 9.17) is 17.7 Å². The molecule has 0 amide bonds. The van der Waals surface area contributed by atoms with E-state index in [0.717, 1.165) is 6.61 Å². The van der Waals surface area contributed by atoms with Crippen molar-refractivity contribution >= 4 is 18.6 Å². The highest BCUT2D eigenvalue weighted by molar-refractivity contribution is 6.50. The highest BCUT2D eigenvalue weighted by atomic mass is 28.3. The quantitative estimate of drug-likeness (QED) is 0.697. The van der Waals surface area contributed by atoms with Crippen LogP contribution in [0.3, 0.4) is 0 Å². The van der Waals surface area contributed by atoms with Gasteiger partial charge in [-0.15, -0.1) is 0 Å². The van der Waals surface area contributed by atoms with E-state index in [0.29, 0.717) is 19.8 Å². The molecule has 1 heterocycles. The maximum absolute atomic E-state index is 5.42. The summed E-state index contributed by atoms with van der Waals surface area (Å²) < 4.78 is 21.1. The molecule has 0 aromatic carbocycles. The Morgan fingerprint density at radius 1 is 1.00 bits per heavy atom. The summed E-state index contributed by atoms with van der Waals surface area (Å²) in [5, 5.41) is 0. The van der Waals surface area contributed by atoms with Crippen molar-refractivity contribution in [1.82, 2.24) is 0 Å². The summed E-state index contributed by atoms with van der Waals surface area (Å²) in [5.41, 5.74) is 0. The maximum Gasteiger partial charge on any atom is 0.484 e. The molecule has 1 aliphatic heterocycles.